The van der Waals surface area contributed by atoms with E-state index >= 15 is 0 Å². The van der Waals surface area contributed by atoms with Crippen molar-refractivity contribution in [2.45, 2.75) is 406 Å². The number of unbranched alkanes of at least 4 members (excludes halogenated alkanes) is 50. The lowest BCUT2D eigenvalue weighted by Crippen LogP contribution is -2.30. The van der Waals surface area contributed by atoms with Crippen molar-refractivity contribution in [3.63, 3.8) is 0 Å². The second kappa shape index (κ2) is 69.1. The molecule has 0 N–H and O–H groups in total. The van der Waals surface area contributed by atoms with Crippen molar-refractivity contribution in [3.8, 4) is 0 Å². The average Bonchev–Trinajstić information content (AvgIpc) is 3.46. The summed E-state index contributed by atoms with van der Waals surface area (Å²) in [6.45, 7) is 6.68. The molecule has 6 nitrogen and oxygen atoms in total. The van der Waals surface area contributed by atoms with Crippen LogP contribution in [0.4, 0.5) is 0 Å². The molecule has 0 aliphatic heterocycles. The Labute approximate surface area is 499 Å². The Bertz CT molecular complexity index is 1340. The minimum Gasteiger partial charge on any atom is -0.462 e. The highest BCUT2D eigenvalue weighted by Gasteiger charge is 2.19. The summed E-state index contributed by atoms with van der Waals surface area (Å²) in [5.74, 6) is -0.864. The highest BCUT2D eigenvalue weighted by molar-refractivity contribution is 5.71. The lowest BCUT2D eigenvalue weighted by Gasteiger charge is -2.18. The summed E-state index contributed by atoms with van der Waals surface area (Å²) in [5.41, 5.74) is 0. The summed E-state index contributed by atoms with van der Waals surface area (Å²) < 4.78 is 17.0. The topological polar surface area (TPSA) is 78.9 Å². The van der Waals surface area contributed by atoms with Crippen LogP contribution in [0.1, 0.15) is 400 Å². The Kier molecular flexibility index (Phi) is 67.1. The number of hydrogen-bond donors (Lipinski definition) is 0. The molecule has 0 aromatic heterocycles. The van der Waals surface area contributed by atoms with E-state index in [9.17, 15) is 14.4 Å². The lowest BCUT2D eigenvalue weighted by molar-refractivity contribution is -0.167. The summed E-state index contributed by atoms with van der Waals surface area (Å²) >= 11 is 0. The number of carbonyl (C=O) groups excluding carboxylic acids is 3. The maximum absolute atomic E-state index is 12.9. The van der Waals surface area contributed by atoms with Gasteiger partial charge < -0.3 is 14.2 Å². The minimum absolute atomic E-state index is 0.0739. The molecule has 0 rings (SSSR count). The standard InChI is InChI=1S/C74H138O6/c1-4-7-10-13-16-19-22-25-28-31-33-34-35-36-37-38-39-40-41-42-44-46-49-52-55-58-61-64-67-73(76)79-70-71(69-78-72(75)66-63-60-57-54-51-48-45-30-27-24-21-18-15-12-9-6-3)80-74(77)68-65-62-59-56-53-50-47-43-32-29-26-23-20-17-14-11-8-5-2/h21,24,29-30,32,45,71H,4-20,22-23,25-28,31,33-44,46-70H2,1-3H3/b24-21-,32-29-,45-30-. The van der Waals surface area contributed by atoms with Gasteiger partial charge in [-0.25, -0.2) is 0 Å². The van der Waals surface area contributed by atoms with Crippen LogP contribution in [-0.2, 0) is 28.6 Å². The van der Waals surface area contributed by atoms with Crippen molar-refractivity contribution in [2.75, 3.05) is 13.2 Å². The van der Waals surface area contributed by atoms with Crippen molar-refractivity contribution in [3.05, 3.63) is 36.5 Å². The number of hydrogen-bond acceptors (Lipinski definition) is 6. The molecule has 0 fully saturated rings. The second-order valence-electron chi connectivity index (χ2n) is 24.5. The van der Waals surface area contributed by atoms with E-state index in [1.165, 1.54) is 283 Å². The van der Waals surface area contributed by atoms with Gasteiger partial charge in [-0.15, -0.1) is 0 Å². The van der Waals surface area contributed by atoms with E-state index in [0.717, 1.165) is 77.0 Å². The molecule has 470 valence electrons. The van der Waals surface area contributed by atoms with Crippen LogP contribution in [0.2, 0.25) is 0 Å². The first-order valence-electron chi connectivity index (χ1n) is 36.0. The number of carbonyl (C=O) groups is 3. The van der Waals surface area contributed by atoms with E-state index < -0.39 is 6.10 Å². The summed E-state index contributed by atoms with van der Waals surface area (Å²) in [5, 5.41) is 0. The summed E-state index contributed by atoms with van der Waals surface area (Å²) in [6.07, 6.45) is 86.1. The highest BCUT2D eigenvalue weighted by Crippen LogP contribution is 2.19. The van der Waals surface area contributed by atoms with Gasteiger partial charge in [-0.05, 0) is 77.0 Å². The third kappa shape index (κ3) is 66.4. The van der Waals surface area contributed by atoms with Crippen molar-refractivity contribution in [2.24, 2.45) is 0 Å². The third-order valence-corrected chi connectivity index (χ3v) is 16.4. The van der Waals surface area contributed by atoms with E-state index in [0.29, 0.717) is 19.3 Å². The van der Waals surface area contributed by atoms with Crippen LogP contribution in [-0.4, -0.2) is 37.2 Å². The fourth-order valence-corrected chi connectivity index (χ4v) is 10.9. The van der Waals surface area contributed by atoms with Gasteiger partial charge in [0.15, 0.2) is 6.10 Å². The van der Waals surface area contributed by atoms with Gasteiger partial charge >= 0.3 is 17.9 Å². The molecular weight excluding hydrogens is 985 g/mol. The normalized spacial score (nSPS) is 12.2. The Morgan fingerprint density at radius 2 is 0.450 bits per heavy atom. The van der Waals surface area contributed by atoms with Gasteiger partial charge in [-0.2, -0.15) is 0 Å². The van der Waals surface area contributed by atoms with Crippen LogP contribution < -0.4 is 0 Å². The van der Waals surface area contributed by atoms with Crippen molar-refractivity contribution < 1.29 is 28.6 Å². The summed E-state index contributed by atoms with van der Waals surface area (Å²) in [4.78, 5) is 38.4. The fourth-order valence-electron chi connectivity index (χ4n) is 10.9. The van der Waals surface area contributed by atoms with Gasteiger partial charge in [0.1, 0.15) is 13.2 Å². The van der Waals surface area contributed by atoms with Crippen molar-refractivity contribution >= 4 is 17.9 Å². The zero-order valence-corrected chi connectivity index (χ0v) is 54.1. The van der Waals surface area contributed by atoms with Crippen LogP contribution in [0.15, 0.2) is 36.5 Å². The molecule has 0 heterocycles. The zero-order valence-electron chi connectivity index (χ0n) is 54.1. The van der Waals surface area contributed by atoms with Crippen molar-refractivity contribution in [1.29, 1.82) is 0 Å². The molecule has 0 amide bonds. The van der Waals surface area contributed by atoms with Gasteiger partial charge in [0.25, 0.3) is 0 Å². The van der Waals surface area contributed by atoms with E-state index in [1.807, 2.05) is 0 Å². The molecule has 6 heteroatoms. The molecule has 0 aromatic rings. The molecule has 0 aromatic carbocycles. The highest BCUT2D eigenvalue weighted by atomic mass is 16.6. The maximum atomic E-state index is 12.9. The predicted molar refractivity (Wildman–Crippen MR) is 349 cm³/mol. The molecule has 80 heavy (non-hydrogen) atoms. The van der Waals surface area contributed by atoms with E-state index in [4.69, 9.17) is 14.2 Å². The molecular formula is C74H138O6. The van der Waals surface area contributed by atoms with Gasteiger partial charge in [0.2, 0.25) is 0 Å². The zero-order chi connectivity index (χ0) is 57.8. The molecule has 0 aliphatic rings. The number of ether oxygens (including phenoxy) is 3. The Hall–Kier alpha value is -2.37. The smallest absolute Gasteiger partial charge is 0.306 e. The average molecular weight is 1120 g/mol. The Morgan fingerprint density at radius 3 is 0.713 bits per heavy atom. The molecule has 1 atom stereocenters. The van der Waals surface area contributed by atoms with Crippen molar-refractivity contribution in [1.82, 2.24) is 0 Å². The van der Waals surface area contributed by atoms with Crippen LogP contribution in [0.3, 0.4) is 0 Å². The third-order valence-electron chi connectivity index (χ3n) is 16.4. The van der Waals surface area contributed by atoms with Gasteiger partial charge in [-0.3, -0.25) is 14.4 Å². The van der Waals surface area contributed by atoms with E-state index in [-0.39, 0.29) is 31.1 Å². The SMILES string of the molecule is CCCCCC/C=C\C/C=C\CCCCCCCC(=O)OCC(COC(=O)CCCCCCCCCCCCCCCCCCCCCCCCCCCCCC)OC(=O)CCCCCCCCC/C=C\CCCCCCCCC. The Morgan fingerprint density at radius 1 is 0.250 bits per heavy atom. The van der Waals surface area contributed by atoms with Gasteiger partial charge in [0.05, 0.1) is 0 Å². The molecule has 0 radical (unpaired) electrons. The first kappa shape index (κ1) is 77.6. The first-order chi connectivity index (χ1) is 39.5. The quantitative estimate of drug-likeness (QED) is 0.0261. The molecule has 0 saturated heterocycles. The largest absolute Gasteiger partial charge is 0.462 e. The second-order valence-corrected chi connectivity index (χ2v) is 24.5. The lowest BCUT2D eigenvalue weighted by atomic mass is 10.0. The maximum Gasteiger partial charge on any atom is 0.306 e. The summed E-state index contributed by atoms with van der Waals surface area (Å²) in [7, 11) is 0. The van der Waals surface area contributed by atoms with E-state index in [2.05, 4.69) is 57.2 Å². The van der Waals surface area contributed by atoms with Crippen LogP contribution >= 0.6 is 0 Å². The molecule has 0 bridgehead atoms. The Balaban J connectivity index is 4.23. The minimum atomic E-state index is -0.780. The van der Waals surface area contributed by atoms with Gasteiger partial charge in [-0.1, -0.05) is 340 Å². The molecule has 0 spiro atoms. The van der Waals surface area contributed by atoms with Crippen LogP contribution in [0.5, 0.6) is 0 Å². The number of rotatable bonds is 67. The predicted octanol–water partition coefficient (Wildman–Crippen LogP) is 24.7. The summed E-state index contributed by atoms with van der Waals surface area (Å²) in [6, 6.07) is 0. The van der Waals surface area contributed by atoms with Crippen LogP contribution in [0, 0.1) is 0 Å². The van der Waals surface area contributed by atoms with Gasteiger partial charge in [0, 0.05) is 19.3 Å². The molecule has 0 saturated carbocycles. The monoisotopic (exact) mass is 1120 g/mol. The number of esters is 3. The van der Waals surface area contributed by atoms with E-state index in [1.54, 1.807) is 0 Å². The molecule has 1 unspecified atom stereocenters. The first-order valence-corrected chi connectivity index (χ1v) is 36.0. The van der Waals surface area contributed by atoms with Crippen LogP contribution in [0.25, 0.3) is 0 Å². The number of allylic oxidation sites excluding steroid dienone is 6. The molecule has 0 aliphatic carbocycles. The fraction of sp³-hybridized carbons (Fsp3) is 0.878.